The third-order valence-corrected chi connectivity index (χ3v) is 8.08. The van der Waals surface area contributed by atoms with E-state index in [-0.39, 0.29) is 12.2 Å². The predicted molar refractivity (Wildman–Crippen MR) is 139 cm³/mol. The van der Waals surface area contributed by atoms with Crippen molar-refractivity contribution in [1.82, 2.24) is 4.57 Å². The summed E-state index contributed by atoms with van der Waals surface area (Å²) in [5, 5.41) is 2.80. The lowest BCUT2D eigenvalue weighted by molar-refractivity contribution is -0.139. The van der Waals surface area contributed by atoms with E-state index in [2.05, 4.69) is 4.99 Å². The fourth-order valence-electron chi connectivity index (χ4n) is 3.87. The van der Waals surface area contributed by atoms with Crippen LogP contribution < -0.4 is 14.9 Å². The molecule has 0 saturated carbocycles. The quantitative estimate of drug-likeness (QED) is 0.314. The van der Waals surface area contributed by atoms with E-state index in [1.807, 2.05) is 23.6 Å². The summed E-state index contributed by atoms with van der Waals surface area (Å²) in [5.41, 5.74) is 1.42. The van der Waals surface area contributed by atoms with Gasteiger partial charge in [0.2, 0.25) is 0 Å². The number of hydrogen-bond acceptors (Lipinski definition) is 7. The Hall–Kier alpha value is -2.91. The molecule has 3 aromatic heterocycles. The van der Waals surface area contributed by atoms with Crippen LogP contribution >= 0.6 is 45.9 Å². The molecular weight excluding hydrogens is 527 g/mol. The van der Waals surface area contributed by atoms with Crippen molar-refractivity contribution in [3.63, 3.8) is 0 Å². The highest BCUT2D eigenvalue weighted by atomic mass is 35.5. The number of esters is 1. The highest BCUT2D eigenvalue weighted by molar-refractivity contribution is 7.10. The van der Waals surface area contributed by atoms with Crippen molar-refractivity contribution in [3.05, 3.63) is 99.5 Å². The second-order valence-corrected chi connectivity index (χ2v) is 10.5. The number of carbonyl (C=O) groups excluding carboxylic acids is 1. The standard InChI is InChI=1S/C25H18Cl2N2O4S2/c1-3-32-24(31)21-13(2)28-25-29(22(21)19-5-4-10-34-19)23(30)20(35-25)12-15-7-9-18(33-15)14-6-8-16(26)17(27)11-14/h4-12,22H,3H2,1-2H3/b20-12+/t22-/m1/s1. The molecule has 6 nitrogen and oxygen atoms in total. The zero-order valence-corrected chi connectivity index (χ0v) is 21.7. The van der Waals surface area contributed by atoms with Crippen LogP contribution in [-0.4, -0.2) is 17.1 Å². The fraction of sp³-hybridized carbons (Fsp3) is 0.160. The van der Waals surface area contributed by atoms with Crippen molar-refractivity contribution < 1.29 is 13.9 Å². The van der Waals surface area contributed by atoms with Gasteiger partial charge >= 0.3 is 5.97 Å². The molecule has 1 aromatic carbocycles. The SMILES string of the molecule is CCOC(=O)C1=C(C)N=c2s/c(=C/c3ccc(-c4ccc(Cl)c(Cl)c4)o3)c(=O)n2[C@@H]1c1cccs1. The summed E-state index contributed by atoms with van der Waals surface area (Å²) in [7, 11) is 0. The van der Waals surface area contributed by atoms with E-state index in [1.54, 1.807) is 48.8 Å². The van der Waals surface area contributed by atoms with Crippen LogP contribution in [0, 0.1) is 0 Å². The lowest BCUT2D eigenvalue weighted by atomic mass is 10.0. The van der Waals surface area contributed by atoms with Crippen LogP contribution in [0.2, 0.25) is 10.0 Å². The first-order valence-electron chi connectivity index (χ1n) is 10.7. The van der Waals surface area contributed by atoms with E-state index in [0.29, 0.717) is 42.2 Å². The van der Waals surface area contributed by atoms with Crippen LogP contribution in [0.4, 0.5) is 0 Å². The van der Waals surface area contributed by atoms with E-state index in [9.17, 15) is 9.59 Å². The zero-order chi connectivity index (χ0) is 24.7. The van der Waals surface area contributed by atoms with Gasteiger partial charge in [-0.15, -0.1) is 11.3 Å². The van der Waals surface area contributed by atoms with Gasteiger partial charge in [0.15, 0.2) is 4.80 Å². The molecule has 0 bridgehead atoms. The maximum atomic E-state index is 13.6. The molecule has 35 heavy (non-hydrogen) atoms. The number of allylic oxidation sites excluding steroid dienone is 1. The van der Waals surface area contributed by atoms with E-state index in [1.165, 1.54) is 22.7 Å². The molecule has 4 heterocycles. The number of thiophene rings is 1. The summed E-state index contributed by atoms with van der Waals surface area (Å²) < 4.78 is 13.3. The normalized spacial score (nSPS) is 15.8. The van der Waals surface area contributed by atoms with Gasteiger partial charge in [-0.1, -0.05) is 40.6 Å². The van der Waals surface area contributed by atoms with E-state index in [0.717, 1.165) is 10.4 Å². The number of aromatic nitrogens is 1. The maximum Gasteiger partial charge on any atom is 0.338 e. The zero-order valence-electron chi connectivity index (χ0n) is 18.6. The second-order valence-electron chi connectivity index (χ2n) is 7.65. The van der Waals surface area contributed by atoms with E-state index in [4.69, 9.17) is 32.4 Å². The van der Waals surface area contributed by atoms with Crippen molar-refractivity contribution in [2.75, 3.05) is 6.61 Å². The minimum Gasteiger partial charge on any atom is -0.463 e. The van der Waals surface area contributed by atoms with Gasteiger partial charge in [0.1, 0.15) is 17.6 Å². The van der Waals surface area contributed by atoms with Crippen molar-refractivity contribution in [1.29, 1.82) is 0 Å². The molecule has 10 heteroatoms. The Labute approximate surface area is 218 Å². The summed E-state index contributed by atoms with van der Waals surface area (Å²) in [6, 6.07) is 12.0. The summed E-state index contributed by atoms with van der Waals surface area (Å²) in [5.74, 6) is 0.628. The van der Waals surface area contributed by atoms with Gasteiger partial charge in [-0.2, -0.15) is 0 Å². The Balaban J connectivity index is 1.61. The fourth-order valence-corrected chi connectivity index (χ4v) is 6.02. The number of hydrogen-bond donors (Lipinski definition) is 0. The molecule has 1 aliphatic heterocycles. The number of fused-ring (bicyclic) bond motifs is 1. The number of thiazole rings is 1. The van der Waals surface area contributed by atoms with Gasteiger partial charge in [0.05, 0.1) is 32.5 Å². The summed E-state index contributed by atoms with van der Waals surface area (Å²) in [6.45, 7) is 3.75. The highest BCUT2D eigenvalue weighted by Gasteiger charge is 2.33. The molecule has 0 spiro atoms. The number of furan rings is 1. The molecule has 0 radical (unpaired) electrons. The van der Waals surface area contributed by atoms with Crippen molar-refractivity contribution in [2.45, 2.75) is 19.9 Å². The number of benzene rings is 1. The average molecular weight is 545 g/mol. The van der Waals surface area contributed by atoms with Crippen molar-refractivity contribution in [3.8, 4) is 11.3 Å². The van der Waals surface area contributed by atoms with Gasteiger partial charge in [-0.3, -0.25) is 9.36 Å². The summed E-state index contributed by atoms with van der Waals surface area (Å²) in [6.07, 6.45) is 1.68. The molecule has 178 valence electrons. The van der Waals surface area contributed by atoms with Gasteiger partial charge in [-0.25, -0.2) is 9.79 Å². The first kappa shape index (κ1) is 23.8. The van der Waals surface area contributed by atoms with Crippen LogP contribution in [0.25, 0.3) is 17.4 Å². The van der Waals surface area contributed by atoms with Crippen molar-refractivity contribution >= 4 is 57.9 Å². The molecule has 0 aliphatic carbocycles. The lowest BCUT2D eigenvalue weighted by Gasteiger charge is -2.23. The smallest absolute Gasteiger partial charge is 0.338 e. The third-order valence-electron chi connectivity index (χ3n) is 5.43. The monoisotopic (exact) mass is 544 g/mol. The first-order chi connectivity index (χ1) is 16.9. The Morgan fingerprint density at radius 1 is 1.23 bits per heavy atom. The van der Waals surface area contributed by atoms with Gasteiger partial charge in [-0.05, 0) is 55.6 Å². The Morgan fingerprint density at radius 2 is 2.06 bits per heavy atom. The predicted octanol–water partition coefficient (Wildman–Crippen LogP) is 5.43. The lowest BCUT2D eigenvalue weighted by Crippen LogP contribution is -2.39. The molecule has 0 N–H and O–H groups in total. The summed E-state index contributed by atoms with van der Waals surface area (Å²) >= 11 is 14.9. The van der Waals surface area contributed by atoms with Crippen LogP contribution in [0.1, 0.15) is 30.5 Å². The maximum absolute atomic E-state index is 13.6. The molecule has 4 aromatic rings. The summed E-state index contributed by atoms with van der Waals surface area (Å²) in [4.78, 5) is 32.3. The molecule has 0 fully saturated rings. The Bertz CT molecular complexity index is 1640. The Kier molecular flexibility index (Phi) is 6.55. The number of ether oxygens (including phenoxy) is 1. The van der Waals surface area contributed by atoms with Crippen LogP contribution in [0.15, 0.2) is 73.3 Å². The molecule has 0 amide bonds. The number of nitrogens with zero attached hydrogens (tertiary/aromatic N) is 2. The highest BCUT2D eigenvalue weighted by Crippen LogP contribution is 2.33. The van der Waals surface area contributed by atoms with E-state index >= 15 is 0 Å². The molecular formula is C25H18Cl2N2O4S2. The molecule has 1 atom stereocenters. The van der Waals surface area contributed by atoms with Crippen molar-refractivity contribution in [2.24, 2.45) is 4.99 Å². The molecule has 0 unspecified atom stereocenters. The van der Waals surface area contributed by atoms with E-state index < -0.39 is 12.0 Å². The van der Waals surface area contributed by atoms with Gasteiger partial charge in [0.25, 0.3) is 5.56 Å². The Morgan fingerprint density at radius 3 is 2.77 bits per heavy atom. The largest absolute Gasteiger partial charge is 0.463 e. The molecule has 0 saturated heterocycles. The molecule has 1 aliphatic rings. The number of carbonyl (C=O) groups is 1. The third kappa shape index (κ3) is 4.43. The topological polar surface area (TPSA) is 73.8 Å². The first-order valence-corrected chi connectivity index (χ1v) is 13.1. The average Bonchev–Trinajstić information content (AvgIpc) is 3.57. The van der Waals surface area contributed by atoms with Crippen LogP contribution in [-0.2, 0) is 9.53 Å². The minimum absolute atomic E-state index is 0.233. The second kappa shape index (κ2) is 9.62. The molecule has 5 rings (SSSR count). The number of halogens is 2. The van der Waals surface area contributed by atoms with Crippen LogP contribution in [0.5, 0.6) is 0 Å². The van der Waals surface area contributed by atoms with Crippen LogP contribution in [0.3, 0.4) is 0 Å². The van der Waals surface area contributed by atoms with Gasteiger partial charge in [0, 0.05) is 16.5 Å². The van der Waals surface area contributed by atoms with Gasteiger partial charge < -0.3 is 9.15 Å². The number of rotatable bonds is 5. The minimum atomic E-state index is -0.601.